The molecule has 0 aliphatic carbocycles. The fourth-order valence-electron chi connectivity index (χ4n) is 1.76. The molecule has 7 heteroatoms. The fourth-order valence-corrected chi connectivity index (χ4v) is 1.76. The minimum Gasteiger partial charge on any atom is -0.504 e. The number of phenols is 1. The molecule has 1 aromatic rings. The van der Waals surface area contributed by atoms with Gasteiger partial charge in [0.1, 0.15) is 6.04 Å². The molecule has 0 spiro atoms. The third-order valence-electron chi connectivity index (χ3n) is 2.82. The Labute approximate surface area is 122 Å². The molecule has 21 heavy (non-hydrogen) atoms. The van der Waals surface area contributed by atoms with Gasteiger partial charge < -0.3 is 25.4 Å². The highest BCUT2D eigenvalue weighted by molar-refractivity contribution is 5.75. The Morgan fingerprint density at radius 3 is 2.62 bits per heavy atom. The number of ether oxygens (including phenoxy) is 1. The average Bonchev–Trinajstić information content (AvgIpc) is 2.41. The zero-order valence-corrected chi connectivity index (χ0v) is 11.7. The van der Waals surface area contributed by atoms with Gasteiger partial charge in [-0.15, -0.1) is 0 Å². The fraction of sp³-hybridized carbons (Fsp3) is 0.429. The summed E-state index contributed by atoms with van der Waals surface area (Å²) in [7, 11) is 0. The van der Waals surface area contributed by atoms with Crippen molar-refractivity contribution in [2.24, 2.45) is 0 Å². The van der Waals surface area contributed by atoms with Crippen LogP contribution in [0, 0.1) is 0 Å². The molecule has 0 saturated heterocycles. The number of aliphatic carboxylic acids is 2. The molecular formula is C14H19NO6. The molecule has 0 fully saturated rings. The number of carbonyl (C=O) groups is 2. The Morgan fingerprint density at radius 2 is 2.05 bits per heavy atom. The Bertz CT molecular complexity index is 502. The van der Waals surface area contributed by atoms with E-state index in [1.807, 2.05) is 0 Å². The second-order valence-electron chi connectivity index (χ2n) is 4.44. The zero-order chi connectivity index (χ0) is 15.8. The lowest BCUT2D eigenvalue weighted by molar-refractivity contribution is -0.140. The molecule has 1 rings (SSSR count). The van der Waals surface area contributed by atoms with E-state index in [0.717, 1.165) is 5.56 Å². The predicted octanol–water partition coefficient (Wildman–Crippen LogP) is 1.20. The second kappa shape index (κ2) is 8.11. The van der Waals surface area contributed by atoms with E-state index < -0.39 is 18.0 Å². The topological polar surface area (TPSA) is 116 Å². The Hall–Kier alpha value is -2.28. The van der Waals surface area contributed by atoms with Crippen LogP contribution in [-0.4, -0.2) is 39.9 Å². The first-order chi connectivity index (χ1) is 9.93. The first-order valence-corrected chi connectivity index (χ1v) is 6.56. The normalized spacial score (nSPS) is 11.9. The van der Waals surface area contributed by atoms with Crippen LogP contribution in [0.1, 0.15) is 25.3 Å². The molecule has 7 nitrogen and oxygen atoms in total. The van der Waals surface area contributed by atoms with Crippen LogP contribution < -0.4 is 10.1 Å². The van der Waals surface area contributed by atoms with Crippen molar-refractivity contribution < 1.29 is 29.6 Å². The summed E-state index contributed by atoms with van der Waals surface area (Å²) in [6, 6.07) is 3.78. The van der Waals surface area contributed by atoms with Gasteiger partial charge in [0.15, 0.2) is 11.5 Å². The van der Waals surface area contributed by atoms with Crippen molar-refractivity contribution in [2.75, 3.05) is 6.61 Å². The monoisotopic (exact) mass is 297 g/mol. The molecule has 0 bridgehead atoms. The van der Waals surface area contributed by atoms with Crippen molar-refractivity contribution in [2.45, 2.75) is 32.4 Å². The van der Waals surface area contributed by atoms with Gasteiger partial charge in [-0.3, -0.25) is 9.59 Å². The number of aromatic hydroxyl groups is 1. The highest BCUT2D eigenvalue weighted by Crippen LogP contribution is 2.26. The van der Waals surface area contributed by atoms with E-state index in [-0.39, 0.29) is 25.1 Å². The number of phenolic OH excluding ortho intramolecular Hbond substituents is 1. The number of benzene rings is 1. The lowest BCUT2D eigenvalue weighted by atomic mass is 10.1. The maximum Gasteiger partial charge on any atom is 0.320 e. The Balaban J connectivity index is 2.64. The molecule has 1 unspecified atom stereocenters. The van der Waals surface area contributed by atoms with Crippen molar-refractivity contribution in [3.05, 3.63) is 23.8 Å². The lowest BCUT2D eigenvalue weighted by Crippen LogP contribution is -2.36. The van der Waals surface area contributed by atoms with E-state index >= 15 is 0 Å². The SMILES string of the molecule is CCOc1cc(CNC(CCC(=O)O)C(=O)O)ccc1O. The van der Waals surface area contributed by atoms with Gasteiger partial charge in [-0.1, -0.05) is 6.07 Å². The smallest absolute Gasteiger partial charge is 0.320 e. The second-order valence-corrected chi connectivity index (χ2v) is 4.44. The standard InChI is InChI=1S/C14H19NO6/c1-2-21-12-7-9(3-5-11(12)16)8-15-10(14(19)20)4-6-13(17)18/h3,5,7,10,15-16H,2,4,6,8H2,1H3,(H,17,18)(H,19,20). The molecule has 0 amide bonds. The summed E-state index contributed by atoms with van der Waals surface area (Å²) in [4.78, 5) is 21.5. The van der Waals surface area contributed by atoms with E-state index in [1.165, 1.54) is 6.07 Å². The molecule has 0 aliphatic heterocycles. The zero-order valence-electron chi connectivity index (χ0n) is 11.7. The molecule has 0 aliphatic rings. The number of rotatable bonds is 9. The maximum atomic E-state index is 11.0. The first-order valence-electron chi connectivity index (χ1n) is 6.56. The summed E-state index contributed by atoms with van der Waals surface area (Å²) in [6.07, 6.45) is -0.217. The summed E-state index contributed by atoms with van der Waals surface area (Å²) in [5.41, 5.74) is 0.734. The van der Waals surface area contributed by atoms with Gasteiger partial charge in [0, 0.05) is 13.0 Å². The molecule has 1 atom stereocenters. The van der Waals surface area contributed by atoms with Crippen molar-refractivity contribution in [1.82, 2.24) is 5.32 Å². The molecule has 1 aromatic carbocycles. The number of hydrogen-bond acceptors (Lipinski definition) is 5. The molecule has 0 heterocycles. The van der Waals surface area contributed by atoms with Crippen molar-refractivity contribution in [3.8, 4) is 11.5 Å². The molecular weight excluding hydrogens is 278 g/mol. The third-order valence-corrected chi connectivity index (χ3v) is 2.82. The van der Waals surface area contributed by atoms with E-state index in [9.17, 15) is 14.7 Å². The van der Waals surface area contributed by atoms with Crippen LogP contribution in [0.2, 0.25) is 0 Å². The van der Waals surface area contributed by atoms with Crippen LogP contribution >= 0.6 is 0 Å². The highest BCUT2D eigenvalue weighted by Gasteiger charge is 2.18. The van der Waals surface area contributed by atoms with Crippen LogP contribution in [0.5, 0.6) is 11.5 Å². The summed E-state index contributed by atoms with van der Waals surface area (Å²) >= 11 is 0. The van der Waals surface area contributed by atoms with Gasteiger partial charge >= 0.3 is 11.9 Å². The van der Waals surface area contributed by atoms with E-state index in [2.05, 4.69) is 5.32 Å². The third kappa shape index (κ3) is 5.70. The van der Waals surface area contributed by atoms with Crippen LogP contribution in [-0.2, 0) is 16.1 Å². The highest BCUT2D eigenvalue weighted by atomic mass is 16.5. The Morgan fingerprint density at radius 1 is 1.33 bits per heavy atom. The summed E-state index contributed by atoms with van der Waals surface area (Å²) in [5, 5.41) is 30.0. The summed E-state index contributed by atoms with van der Waals surface area (Å²) in [6.45, 7) is 2.43. The van der Waals surface area contributed by atoms with Crippen LogP contribution in [0.3, 0.4) is 0 Å². The van der Waals surface area contributed by atoms with E-state index in [0.29, 0.717) is 12.4 Å². The van der Waals surface area contributed by atoms with E-state index in [4.69, 9.17) is 14.9 Å². The van der Waals surface area contributed by atoms with Crippen molar-refractivity contribution in [3.63, 3.8) is 0 Å². The minimum atomic E-state index is -1.10. The van der Waals surface area contributed by atoms with Crippen LogP contribution in [0.25, 0.3) is 0 Å². The molecule has 0 aromatic heterocycles. The van der Waals surface area contributed by atoms with E-state index in [1.54, 1.807) is 19.1 Å². The van der Waals surface area contributed by atoms with Gasteiger partial charge in [-0.05, 0) is 31.0 Å². The van der Waals surface area contributed by atoms with Gasteiger partial charge in [0.05, 0.1) is 6.61 Å². The summed E-state index contributed by atoms with van der Waals surface area (Å²) < 4.78 is 5.24. The molecule has 116 valence electrons. The molecule has 0 radical (unpaired) electrons. The number of nitrogens with one attached hydrogen (secondary N) is 1. The average molecular weight is 297 g/mol. The lowest BCUT2D eigenvalue weighted by Gasteiger charge is -2.14. The number of carboxylic acid groups (broad SMARTS) is 2. The van der Waals surface area contributed by atoms with Gasteiger partial charge in [-0.2, -0.15) is 0 Å². The van der Waals surface area contributed by atoms with Crippen LogP contribution in [0.15, 0.2) is 18.2 Å². The molecule has 0 saturated carbocycles. The maximum absolute atomic E-state index is 11.0. The first kappa shape index (κ1) is 16.8. The Kier molecular flexibility index (Phi) is 6.48. The van der Waals surface area contributed by atoms with Crippen molar-refractivity contribution in [1.29, 1.82) is 0 Å². The van der Waals surface area contributed by atoms with Crippen molar-refractivity contribution >= 4 is 11.9 Å². The van der Waals surface area contributed by atoms with Gasteiger partial charge in [0.2, 0.25) is 0 Å². The largest absolute Gasteiger partial charge is 0.504 e. The van der Waals surface area contributed by atoms with Crippen LogP contribution in [0.4, 0.5) is 0 Å². The molecule has 4 N–H and O–H groups in total. The number of carboxylic acids is 2. The quantitative estimate of drug-likeness (QED) is 0.541. The van der Waals surface area contributed by atoms with Gasteiger partial charge in [0.25, 0.3) is 0 Å². The number of hydrogen-bond donors (Lipinski definition) is 4. The summed E-state index contributed by atoms with van der Waals surface area (Å²) in [5.74, 6) is -1.79. The van der Waals surface area contributed by atoms with Gasteiger partial charge in [-0.25, -0.2) is 0 Å². The predicted molar refractivity (Wildman–Crippen MR) is 74.4 cm³/mol. The minimum absolute atomic E-state index is 0.00106.